The van der Waals surface area contributed by atoms with Crippen molar-refractivity contribution in [1.29, 1.82) is 0 Å². The summed E-state index contributed by atoms with van der Waals surface area (Å²) in [6.07, 6.45) is 1.08. The van der Waals surface area contributed by atoms with Crippen LogP contribution < -0.4 is 0 Å². The number of hydrogen-bond donors (Lipinski definition) is 0. The molecule has 1 aliphatic rings. The third-order valence-corrected chi connectivity index (χ3v) is 23.3. The summed E-state index contributed by atoms with van der Waals surface area (Å²) in [7, 11) is 0. The van der Waals surface area contributed by atoms with Gasteiger partial charge in [-0.05, 0) is 169 Å². The highest BCUT2D eigenvalue weighted by atomic mass is 35.5. The summed E-state index contributed by atoms with van der Waals surface area (Å²) in [5, 5.41) is 17.2. The van der Waals surface area contributed by atoms with Crippen molar-refractivity contribution < 1.29 is 0 Å². The molecule has 1 aliphatic carbocycles. The molecule has 117 heavy (non-hydrogen) atoms. The molecule has 5 aromatic heterocycles. The first kappa shape index (κ1) is 68.5. The lowest BCUT2D eigenvalue weighted by atomic mass is 10.0. The van der Waals surface area contributed by atoms with Crippen molar-refractivity contribution in [2.45, 2.75) is 6.42 Å². The van der Waals surface area contributed by atoms with E-state index in [9.17, 15) is 0 Å². The normalized spacial score (nSPS) is 11.8. The largest absolute Gasteiger partial charge is 0.309 e. The lowest BCUT2D eigenvalue weighted by Gasteiger charge is -2.16. The van der Waals surface area contributed by atoms with Gasteiger partial charge in [-0.2, -0.15) is 0 Å². The Kier molecular flexibility index (Phi) is 16.8. The minimum absolute atomic E-state index is 0.535. The fraction of sp³-hybridized carbons (Fsp3) is 0.00935. The van der Waals surface area contributed by atoms with Crippen LogP contribution in [0.2, 0.25) is 5.02 Å². The Morgan fingerprint density at radius 2 is 0.538 bits per heavy atom. The predicted molar refractivity (Wildman–Crippen MR) is 485 cm³/mol. The number of nitrogens with zero attached hydrogens (tertiary/aromatic N) is 9. The first-order valence-electron chi connectivity index (χ1n) is 39.5. The van der Waals surface area contributed by atoms with Crippen molar-refractivity contribution in [2.24, 2.45) is 0 Å². The second kappa shape index (κ2) is 28.7. The van der Waals surface area contributed by atoms with E-state index < -0.39 is 0 Å². The Hall–Kier alpha value is -15.3. The van der Waals surface area contributed by atoms with Crippen molar-refractivity contribution in [3.8, 4) is 96.5 Å². The molecule has 0 bridgehead atoms. The van der Waals surface area contributed by atoms with Crippen molar-refractivity contribution in [2.75, 3.05) is 0 Å². The molecule has 24 rings (SSSR count). The van der Waals surface area contributed by atoms with E-state index in [1.165, 1.54) is 65.3 Å². The maximum atomic E-state index is 6.70. The van der Waals surface area contributed by atoms with Crippen LogP contribution in [0.3, 0.4) is 0 Å². The highest BCUT2D eigenvalue weighted by molar-refractivity contribution is 6.33. The van der Waals surface area contributed by atoms with Crippen LogP contribution in [0.4, 0.5) is 0 Å². The molecule has 0 N–H and O–H groups in total. The first-order chi connectivity index (χ1) is 58.0. The maximum absolute atomic E-state index is 6.70. The van der Waals surface area contributed by atoms with Crippen LogP contribution in [0, 0.1) is 0 Å². The van der Waals surface area contributed by atoms with Gasteiger partial charge in [0.1, 0.15) is 0 Å². The van der Waals surface area contributed by atoms with Crippen molar-refractivity contribution in [3.63, 3.8) is 0 Å². The van der Waals surface area contributed by atoms with Gasteiger partial charge in [0.15, 0.2) is 34.9 Å². The summed E-state index contributed by atoms with van der Waals surface area (Å²) < 4.78 is 7.02. The average Bonchev–Trinajstić information content (AvgIpc) is 1.60. The molecule has 9 nitrogen and oxygen atoms in total. The Bertz CT molecular complexity index is 7890. The van der Waals surface area contributed by atoms with Gasteiger partial charge in [-0.15, -0.1) is 0 Å². The summed E-state index contributed by atoms with van der Waals surface area (Å²) >= 11 is 6.70. The number of benzene rings is 18. The molecule has 0 amide bonds. The molecule has 0 saturated heterocycles. The molecule has 0 atom stereocenters. The maximum Gasteiger partial charge on any atom is 0.166 e. The smallest absolute Gasteiger partial charge is 0.166 e. The quantitative estimate of drug-likeness (QED) is 0.143. The van der Waals surface area contributed by atoms with E-state index in [1.54, 1.807) is 0 Å². The zero-order valence-corrected chi connectivity index (χ0v) is 64.0. The molecule has 0 radical (unpaired) electrons. The Morgan fingerprint density at radius 1 is 0.197 bits per heavy atom. The number of para-hydroxylation sites is 8. The van der Waals surface area contributed by atoms with Gasteiger partial charge in [0.2, 0.25) is 0 Å². The minimum Gasteiger partial charge on any atom is -0.309 e. The van der Waals surface area contributed by atoms with Gasteiger partial charge in [0.05, 0.1) is 43.8 Å². The monoisotopic (exact) mass is 1510 g/mol. The van der Waals surface area contributed by atoms with Gasteiger partial charge in [0.25, 0.3) is 0 Å². The zero-order chi connectivity index (χ0) is 77.4. The lowest BCUT2D eigenvalue weighted by molar-refractivity contribution is 1.06. The van der Waals surface area contributed by atoms with E-state index in [-0.39, 0.29) is 0 Å². The van der Waals surface area contributed by atoms with Gasteiger partial charge < -0.3 is 13.7 Å². The van der Waals surface area contributed by atoms with Gasteiger partial charge in [-0.25, -0.2) is 29.9 Å². The number of aromatic nitrogens is 9. The van der Waals surface area contributed by atoms with Crippen LogP contribution >= 0.6 is 11.6 Å². The van der Waals surface area contributed by atoms with Gasteiger partial charge in [-0.3, -0.25) is 0 Å². The Morgan fingerprint density at radius 3 is 1.08 bits per heavy atom. The predicted octanol–water partition coefficient (Wildman–Crippen LogP) is 27.6. The minimum atomic E-state index is 0.535. The topological polar surface area (TPSA) is 92.1 Å². The van der Waals surface area contributed by atoms with Crippen LogP contribution in [-0.4, -0.2) is 43.6 Å². The fourth-order valence-electron chi connectivity index (χ4n) is 17.6. The third-order valence-electron chi connectivity index (χ3n) is 22.9. The molecule has 18 aromatic carbocycles. The fourth-order valence-corrected chi connectivity index (χ4v) is 17.9. The highest BCUT2D eigenvalue weighted by Crippen LogP contribution is 2.45. The number of hydrogen-bond acceptors (Lipinski definition) is 6. The zero-order valence-electron chi connectivity index (χ0n) is 63.2. The molecule has 0 fully saturated rings. The number of rotatable bonds is 9. The third kappa shape index (κ3) is 11.9. The van der Waals surface area contributed by atoms with Gasteiger partial charge in [0, 0.05) is 77.1 Å². The van der Waals surface area contributed by atoms with Crippen LogP contribution in [0.15, 0.2) is 400 Å². The molecule has 5 heterocycles. The first-order valence-corrected chi connectivity index (χ1v) is 39.9. The van der Waals surface area contributed by atoms with Crippen LogP contribution in [0.5, 0.6) is 0 Å². The molecular weight excluding hydrogens is 1450 g/mol. The second-order valence-electron chi connectivity index (χ2n) is 29.7. The molecule has 0 spiro atoms. The molecule has 0 saturated carbocycles. The standard InChI is InChI=1S/C53H33N5.C37H23ClN4.C17H12/c1-2-20-37(21-3-1)57-46-29-11-8-23-39(46)41-26-15-28-44(50(41)57)53-55-51(42-27-14-19-34-16-6-7-22-38(34)42)54-52(56-53)43-25-10-13-31-48(43)58-47-30-12-9-24-40(47)45-32-35-17-4-5-18-36(35)33-49(45)58;38-32-22-8-6-18-30(32)36-39-35(29-20-10-13-24-12-4-5-16-26(24)29)40-37(41-36)31-21-11-19-28-27-17-7-9-23-33(27)42(34(28)31)25-14-2-1-3-15-25;1-2-6-13-11-17-15(9-12(13)5-1)10-14-7-3-4-8-16(14)17/h1-33H;1-23H;1-9,11H,10H2. The molecule has 0 unspecified atom stereocenters. The molecule has 10 heteroatoms. The van der Waals surface area contributed by atoms with E-state index >= 15 is 0 Å². The summed E-state index contributed by atoms with van der Waals surface area (Å²) in [5.41, 5.74) is 21.0. The van der Waals surface area contributed by atoms with Crippen LogP contribution in [-0.2, 0) is 6.42 Å². The molecule has 23 aromatic rings. The number of halogens is 1. The molecular formula is C107H68ClN9. The summed E-state index contributed by atoms with van der Waals surface area (Å²) in [5.74, 6) is 3.57. The average molecular weight is 1520 g/mol. The van der Waals surface area contributed by atoms with Crippen molar-refractivity contribution in [1.82, 2.24) is 43.6 Å². The summed E-state index contributed by atoms with van der Waals surface area (Å²) in [6.45, 7) is 0. The van der Waals surface area contributed by atoms with Crippen molar-refractivity contribution in [3.05, 3.63) is 417 Å². The van der Waals surface area contributed by atoms with E-state index in [0.29, 0.717) is 40.0 Å². The van der Waals surface area contributed by atoms with Gasteiger partial charge in [-0.1, -0.05) is 315 Å². The molecule has 548 valence electrons. The van der Waals surface area contributed by atoms with Crippen LogP contribution in [0.1, 0.15) is 11.1 Å². The lowest BCUT2D eigenvalue weighted by Crippen LogP contribution is -2.04. The van der Waals surface area contributed by atoms with E-state index in [4.69, 9.17) is 41.5 Å². The molecule has 0 aliphatic heterocycles. The van der Waals surface area contributed by atoms with Crippen molar-refractivity contribution >= 4 is 120 Å². The number of fused-ring (bicyclic) bond motifs is 16. The van der Waals surface area contributed by atoms with Gasteiger partial charge >= 0.3 is 0 Å². The summed E-state index contributed by atoms with van der Waals surface area (Å²) in [6, 6.07) is 140. The second-order valence-corrected chi connectivity index (χ2v) is 30.1. The van der Waals surface area contributed by atoms with Crippen LogP contribution in [0.25, 0.3) is 205 Å². The highest BCUT2D eigenvalue weighted by Gasteiger charge is 2.26. The SMILES string of the molecule is Clc1ccccc1-c1nc(-c2cccc3ccccc23)nc(-c2cccc3c4ccccc4n(-c4ccccc4)c23)n1.c1ccc(-n2c3ccccc3c3cccc(-c4nc(-c5ccccc5-n5c6ccccc6c6cc7ccccc7cc65)nc(-c5cccc6ccccc56)n4)c32)cc1.c1ccc2c(c1)Cc1cc3ccccc3cc1-2. The van der Waals surface area contributed by atoms with E-state index in [0.717, 1.165) is 122 Å². The summed E-state index contributed by atoms with van der Waals surface area (Å²) in [4.78, 5) is 31.5. The van der Waals surface area contributed by atoms with E-state index in [2.05, 4.69) is 366 Å². The Labute approximate surface area is 678 Å². The Balaban J connectivity index is 0.000000121. The van der Waals surface area contributed by atoms with E-state index in [1.807, 2.05) is 48.5 Å².